The lowest BCUT2D eigenvalue weighted by Gasteiger charge is -2.16. The molecule has 1 N–H and O–H groups in total. The van der Waals surface area contributed by atoms with E-state index in [-0.39, 0.29) is 0 Å². The Balaban J connectivity index is 1.94. The van der Waals surface area contributed by atoms with Gasteiger partial charge < -0.3 is 5.32 Å². The van der Waals surface area contributed by atoms with Gasteiger partial charge >= 0.3 is 0 Å². The van der Waals surface area contributed by atoms with Crippen molar-refractivity contribution in [1.29, 1.82) is 0 Å². The summed E-state index contributed by atoms with van der Waals surface area (Å²) in [7, 11) is 2.07. The van der Waals surface area contributed by atoms with E-state index in [9.17, 15) is 0 Å². The Morgan fingerprint density at radius 2 is 2.20 bits per heavy atom. The first-order chi connectivity index (χ1) is 9.81. The molecule has 2 heterocycles. The van der Waals surface area contributed by atoms with Crippen LogP contribution < -0.4 is 5.32 Å². The van der Waals surface area contributed by atoms with Gasteiger partial charge in [0, 0.05) is 15.5 Å². The van der Waals surface area contributed by atoms with Crippen LogP contribution in [0.5, 0.6) is 0 Å². The predicted molar refractivity (Wildman–Crippen MR) is 90.9 cm³/mol. The molecule has 3 rings (SSSR count). The molecule has 1 aliphatic rings. The van der Waals surface area contributed by atoms with E-state index < -0.39 is 0 Å². The fourth-order valence-electron chi connectivity index (χ4n) is 2.78. The molecule has 3 heteroatoms. The summed E-state index contributed by atoms with van der Waals surface area (Å²) in [5.41, 5.74) is 4.37. The van der Waals surface area contributed by atoms with Crippen LogP contribution in [0.15, 0.2) is 30.3 Å². The lowest BCUT2D eigenvalue weighted by molar-refractivity contribution is 0.702. The molecule has 0 saturated carbocycles. The summed E-state index contributed by atoms with van der Waals surface area (Å²) in [6, 6.07) is 11.7. The van der Waals surface area contributed by atoms with Gasteiger partial charge in [0.25, 0.3) is 0 Å². The quantitative estimate of drug-likeness (QED) is 0.898. The summed E-state index contributed by atoms with van der Waals surface area (Å²) in [5, 5.41) is 3.50. The van der Waals surface area contributed by atoms with Gasteiger partial charge in [0.2, 0.25) is 0 Å². The van der Waals surface area contributed by atoms with Crippen LogP contribution in [-0.4, -0.2) is 12.8 Å². The SMILES string of the molecule is CCc1cccc(C(NC)c2cc3c(s2)CCSC3)c1. The van der Waals surface area contributed by atoms with E-state index in [1.165, 1.54) is 33.9 Å². The van der Waals surface area contributed by atoms with Gasteiger partial charge in [-0.1, -0.05) is 31.2 Å². The van der Waals surface area contributed by atoms with Gasteiger partial charge in [0.05, 0.1) is 6.04 Å². The predicted octanol–water partition coefficient (Wildman–Crippen LogP) is 4.41. The summed E-state index contributed by atoms with van der Waals surface area (Å²) in [6.07, 6.45) is 2.35. The lowest BCUT2D eigenvalue weighted by atomic mass is 10.0. The summed E-state index contributed by atoms with van der Waals surface area (Å²) >= 11 is 4.06. The van der Waals surface area contributed by atoms with Crippen LogP contribution in [0.1, 0.15) is 39.4 Å². The Kier molecular flexibility index (Phi) is 4.49. The van der Waals surface area contributed by atoms with Crippen LogP contribution in [0, 0.1) is 0 Å². The number of hydrogen-bond donors (Lipinski definition) is 1. The number of hydrogen-bond acceptors (Lipinski definition) is 3. The maximum atomic E-state index is 3.50. The molecule has 1 aliphatic heterocycles. The second-order valence-corrected chi connectivity index (χ2v) is 7.49. The minimum atomic E-state index is 0.335. The number of aryl methyl sites for hydroxylation is 2. The molecule has 0 radical (unpaired) electrons. The minimum absolute atomic E-state index is 0.335. The Bertz CT molecular complexity index is 565. The molecule has 106 valence electrons. The van der Waals surface area contributed by atoms with Crippen LogP contribution in [0.3, 0.4) is 0 Å². The van der Waals surface area contributed by atoms with Gasteiger partial charge in [-0.2, -0.15) is 11.8 Å². The zero-order valence-corrected chi connectivity index (χ0v) is 13.7. The number of thiophene rings is 1. The first kappa shape index (κ1) is 14.2. The van der Waals surface area contributed by atoms with Crippen LogP contribution in [0.2, 0.25) is 0 Å². The smallest absolute Gasteiger partial charge is 0.0668 e. The number of benzene rings is 1. The molecule has 1 unspecified atom stereocenters. The Hall–Kier alpha value is -0.770. The molecule has 1 nitrogen and oxygen atoms in total. The van der Waals surface area contributed by atoms with Gasteiger partial charge in [0.1, 0.15) is 0 Å². The molecular weight excluding hydrogens is 282 g/mol. The summed E-state index contributed by atoms with van der Waals surface area (Å²) in [6.45, 7) is 2.22. The molecule has 0 bridgehead atoms. The van der Waals surface area contributed by atoms with E-state index in [2.05, 4.69) is 61.4 Å². The standard InChI is InChI=1S/C17H21NS2/c1-3-12-5-4-6-13(9-12)17(18-2)16-10-14-11-19-8-7-15(14)20-16/h4-6,9-10,17-18H,3,7-8,11H2,1-2H3. The van der Waals surface area contributed by atoms with Crippen LogP contribution >= 0.6 is 23.1 Å². The fourth-order valence-corrected chi connectivity index (χ4v) is 5.29. The highest BCUT2D eigenvalue weighted by atomic mass is 32.2. The number of thioether (sulfide) groups is 1. The van der Waals surface area contributed by atoms with Crippen molar-refractivity contribution in [2.45, 2.75) is 31.6 Å². The Morgan fingerprint density at radius 3 is 2.95 bits per heavy atom. The van der Waals surface area contributed by atoms with E-state index in [1.54, 1.807) is 10.4 Å². The second-order valence-electron chi connectivity index (χ2n) is 5.22. The van der Waals surface area contributed by atoms with Crippen molar-refractivity contribution in [1.82, 2.24) is 5.32 Å². The molecule has 1 aromatic carbocycles. The lowest BCUT2D eigenvalue weighted by Crippen LogP contribution is -2.16. The molecule has 0 fully saturated rings. The van der Waals surface area contributed by atoms with Gasteiger partial charge in [-0.05, 0) is 48.4 Å². The molecule has 0 spiro atoms. The third kappa shape index (κ3) is 2.80. The van der Waals surface area contributed by atoms with Crippen molar-refractivity contribution in [3.05, 3.63) is 56.8 Å². The van der Waals surface area contributed by atoms with Crippen LogP contribution in [0.25, 0.3) is 0 Å². The highest BCUT2D eigenvalue weighted by molar-refractivity contribution is 7.98. The second kappa shape index (κ2) is 6.33. The molecule has 20 heavy (non-hydrogen) atoms. The van der Waals surface area contributed by atoms with Crippen LogP contribution in [-0.2, 0) is 18.6 Å². The van der Waals surface area contributed by atoms with Gasteiger partial charge in [0.15, 0.2) is 0 Å². The zero-order valence-electron chi connectivity index (χ0n) is 12.1. The van der Waals surface area contributed by atoms with Crippen molar-refractivity contribution in [2.24, 2.45) is 0 Å². The fraction of sp³-hybridized carbons (Fsp3) is 0.412. The monoisotopic (exact) mass is 303 g/mol. The third-order valence-corrected chi connectivity index (χ3v) is 6.22. The average molecular weight is 303 g/mol. The van der Waals surface area contributed by atoms with E-state index in [1.807, 2.05) is 11.3 Å². The largest absolute Gasteiger partial charge is 0.309 e. The minimum Gasteiger partial charge on any atom is -0.309 e. The maximum absolute atomic E-state index is 3.50. The van der Waals surface area contributed by atoms with E-state index in [0.29, 0.717) is 6.04 Å². The summed E-state index contributed by atoms with van der Waals surface area (Å²) in [5.74, 6) is 2.47. The molecule has 0 saturated heterocycles. The molecule has 2 aromatic rings. The maximum Gasteiger partial charge on any atom is 0.0668 e. The van der Waals surface area contributed by atoms with Gasteiger partial charge in [-0.3, -0.25) is 0 Å². The van der Waals surface area contributed by atoms with Crippen molar-refractivity contribution in [3.8, 4) is 0 Å². The third-order valence-electron chi connectivity index (χ3n) is 3.91. The first-order valence-corrected chi connectivity index (χ1v) is 9.24. The number of rotatable bonds is 4. The van der Waals surface area contributed by atoms with Gasteiger partial charge in [-0.15, -0.1) is 11.3 Å². The van der Waals surface area contributed by atoms with Crippen molar-refractivity contribution in [2.75, 3.05) is 12.8 Å². The van der Waals surface area contributed by atoms with Crippen molar-refractivity contribution < 1.29 is 0 Å². The zero-order chi connectivity index (χ0) is 13.9. The normalized spacial score (nSPS) is 15.9. The van der Waals surface area contributed by atoms with E-state index in [0.717, 1.165) is 6.42 Å². The van der Waals surface area contributed by atoms with Crippen molar-refractivity contribution in [3.63, 3.8) is 0 Å². The summed E-state index contributed by atoms with van der Waals surface area (Å²) in [4.78, 5) is 3.07. The van der Waals surface area contributed by atoms with Crippen molar-refractivity contribution >= 4 is 23.1 Å². The Labute approximate surface area is 129 Å². The molecule has 0 aliphatic carbocycles. The molecular formula is C17H21NS2. The number of fused-ring (bicyclic) bond motifs is 1. The van der Waals surface area contributed by atoms with Gasteiger partial charge in [-0.25, -0.2) is 0 Å². The Morgan fingerprint density at radius 1 is 1.30 bits per heavy atom. The first-order valence-electron chi connectivity index (χ1n) is 7.27. The number of nitrogens with one attached hydrogen (secondary N) is 1. The average Bonchev–Trinajstić information content (AvgIpc) is 2.91. The van der Waals surface area contributed by atoms with E-state index in [4.69, 9.17) is 0 Å². The molecule has 1 aromatic heterocycles. The molecule has 0 amide bonds. The topological polar surface area (TPSA) is 12.0 Å². The highest BCUT2D eigenvalue weighted by Crippen LogP contribution is 2.36. The highest BCUT2D eigenvalue weighted by Gasteiger charge is 2.19. The molecule has 1 atom stereocenters. The van der Waals surface area contributed by atoms with Crippen LogP contribution in [0.4, 0.5) is 0 Å². The van der Waals surface area contributed by atoms with E-state index >= 15 is 0 Å². The summed E-state index contributed by atoms with van der Waals surface area (Å²) < 4.78 is 0.